The van der Waals surface area contributed by atoms with E-state index in [2.05, 4.69) is 92.6 Å². The van der Waals surface area contributed by atoms with Crippen LogP contribution in [0, 0.1) is 0 Å². The second kappa shape index (κ2) is 49.9. The van der Waals surface area contributed by atoms with Crippen molar-refractivity contribution in [2.45, 2.75) is 215 Å². The number of rotatable bonds is 30. The second-order valence-corrected chi connectivity index (χ2v) is 25.1. The third-order valence-electron chi connectivity index (χ3n) is 10.5. The first kappa shape index (κ1) is 76.9. The third kappa shape index (κ3) is 65.9. The van der Waals surface area contributed by atoms with Gasteiger partial charge < -0.3 is 58.3 Å². The van der Waals surface area contributed by atoms with Gasteiger partial charge in [-0.05, 0) is 127 Å². The number of ether oxygens (including phenoxy) is 3. The summed E-state index contributed by atoms with van der Waals surface area (Å²) in [5, 5.41) is 0. The van der Waals surface area contributed by atoms with Gasteiger partial charge in [0.25, 0.3) is 0 Å². The molecule has 75 heavy (non-hydrogen) atoms. The molecule has 0 heterocycles. The zero-order chi connectivity index (χ0) is 57.4. The van der Waals surface area contributed by atoms with Crippen LogP contribution in [0.4, 0.5) is 0 Å². The molecule has 21 heteroatoms. The summed E-state index contributed by atoms with van der Waals surface area (Å²) in [7, 11) is 0. The largest absolute Gasteiger partial charge is 0.427 e. The zero-order valence-electron chi connectivity index (χ0n) is 45.6. The molecule has 0 saturated heterocycles. The Morgan fingerprint density at radius 1 is 0.320 bits per heavy atom. The predicted octanol–water partition coefficient (Wildman–Crippen LogP) is 13.4. The van der Waals surface area contributed by atoms with Gasteiger partial charge in [-0.3, -0.25) is 14.4 Å². The lowest BCUT2D eigenvalue weighted by Gasteiger charge is -2.05. The first-order chi connectivity index (χ1) is 35.3. The minimum Gasteiger partial charge on any atom is -0.427 e. The molecule has 0 amide bonds. The number of esters is 3. The molecule has 3 aromatic rings. The van der Waals surface area contributed by atoms with E-state index in [0.29, 0.717) is 36.5 Å². The highest BCUT2D eigenvalue weighted by molar-refractivity contribution is 8.06. The van der Waals surface area contributed by atoms with Gasteiger partial charge in [-0.25, -0.2) is 0 Å². The van der Waals surface area contributed by atoms with Crippen molar-refractivity contribution in [3.8, 4) is 17.2 Å². The molecule has 0 saturated carbocycles. The molecule has 0 radical (unpaired) electrons. The Labute approximate surface area is 465 Å². The van der Waals surface area contributed by atoms with Gasteiger partial charge in [-0.1, -0.05) is 194 Å². The molecule has 0 spiro atoms. The Bertz CT molecular complexity index is 1740. The number of hydrogen-bond donors (Lipinski definition) is 9. The number of unbranched alkanes of at least 4 members (excludes halogenated alkanes) is 18. The molecule has 15 nitrogen and oxygen atoms in total. The van der Waals surface area contributed by atoms with Crippen LogP contribution in [-0.4, -0.2) is 61.9 Å². The third-order valence-corrected chi connectivity index (χ3v) is 10.5. The number of carbonyl (C=O) groups is 3. The summed E-state index contributed by atoms with van der Waals surface area (Å²) >= 11 is 10.8. The Balaban J connectivity index is -0.000000909. The summed E-state index contributed by atoms with van der Waals surface area (Å²) in [6.45, 7) is 0.746. The van der Waals surface area contributed by atoms with Gasteiger partial charge in [-0.2, -0.15) is 0 Å². The highest BCUT2D eigenvalue weighted by Crippen LogP contribution is 2.28. The molecular formula is C54H93O15P3S3. The molecule has 0 aliphatic heterocycles. The van der Waals surface area contributed by atoms with Crippen molar-refractivity contribution in [1.29, 1.82) is 0 Å². The molecule has 0 aliphatic carbocycles. The molecule has 0 aliphatic rings. The van der Waals surface area contributed by atoms with E-state index >= 15 is 0 Å². The van der Waals surface area contributed by atoms with Crippen LogP contribution in [0.2, 0.25) is 0 Å². The van der Waals surface area contributed by atoms with Crippen LogP contribution in [0.25, 0.3) is 0 Å². The van der Waals surface area contributed by atoms with Crippen molar-refractivity contribution in [3.05, 3.63) is 89.5 Å². The minimum atomic E-state index is -3.81. The number of benzene rings is 3. The van der Waals surface area contributed by atoms with E-state index in [0.717, 1.165) is 19.3 Å². The van der Waals surface area contributed by atoms with Gasteiger partial charge >= 0.3 is 38.1 Å². The van der Waals surface area contributed by atoms with E-state index in [1.165, 1.54) is 152 Å². The maximum atomic E-state index is 11.2. The summed E-state index contributed by atoms with van der Waals surface area (Å²) < 4.78 is 15.5. The average Bonchev–Trinajstić information content (AvgIpc) is 3.33. The van der Waals surface area contributed by atoms with E-state index in [9.17, 15) is 14.4 Å². The second-order valence-electron chi connectivity index (χ2n) is 17.6. The summed E-state index contributed by atoms with van der Waals surface area (Å²) in [6, 6.07) is 23.7. The van der Waals surface area contributed by atoms with Crippen molar-refractivity contribution < 1.29 is 72.6 Å². The predicted molar refractivity (Wildman–Crippen MR) is 315 cm³/mol. The zero-order valence-corrected chi connectivity index (χ0v) is 50.7. The maximum Gasteiger partial charge on any atom is 0.319 e. The van der Waals surface area contributed by atoms with Gasteiger partial charge in [0, 0.05) is 19.3 Å². The van der Waals surface area contributed by atoms with Crippen molar-refractivity contribution in [2.75, 3.05) is 0 Å². The smallest absolute Gasteiger partial charge is 0.319 e. The summed E-state index contributed by atoms with van der Waals surface area (Å²) in [6.07, 6.45) is 32.7. The number of carbonyl (C=O) groups excluding carboxylic acids is 3. The lowest BCUT2D eigenvalue weighted by atomic mass is 10.0. The van der Waals surface area contributed by atoms with E-state index in [-0.39, 0.29) is 17.9 Å². The van der Waals surface area contributed by atoms with Crippen molar-refractivity contribution in [3.63, 3.8) is 0 Å². The van der Waals surface area contributed by atoms with Crippen LogP contribution < -0.4 is 14.2 Å². The quantitative estimate of drug-likeness (QED) is 0.0130. The summed E-state index contributed by atoms with van der Waals surface area (Å²) in [5.74, 6) is 1.43. The Hall–Kier alpha value is -2.34. The SMILES string of the molecule is CCCCCCCCCc1ccc(OC(=O)CC)cc1.CCCCCCCCCc1ccc(OC(=O)CC)cc1.CCCCCCCCCc1ccc(OC(=O)CC)cc1.OP(O)(O)=S.OP(O)(O)=S.OP(O)(O)=S. The van der Waals surface area contributed by atoms with Crippen LogP contribution in [0.1, 0.15) is 212 Å². The molecule has 0 fully saturated rings. The number of hydrogen-bond acceptors (Lipinski definition) is 9. The van der Waals surface area contributed by atoms with Gasteiger partial charge in [-0.15, -0.1) is 0 Å². The van der Waals surface area contributed by atoms with Crippen LogP contribution in [-0.2, 0) is 69.1 Å². The first-order valence-corrected chi connectivity index (χ1v) is 34.5. The Morgan fingerprint density at radius 3 is 0.640 bits per heavy atom. The number of aryl methyl sites for hydroxylation is 3. The average molecular weight is 1170 g/mol. The standard InChI is InChI=1S/3C18H28O2.3H3O3PS/c3*1-3-5-6-7-8-9-10-11-16-12-14-17(15-13-16)20-18(19)4-2;3*1-4(2,3)5/h3*12-15H,3-11H2,1-2H3;3*(H3,1,2,3,5). The molecule has 0 atom stereocenters. The normalized spacial score (nSPS) is 10.8. The topological polar surface area (TPSA) is 261 Å². The minimum absolute atomic E-state index is 0.176. The van der Waals surface area contributed by atoms with Crippen LogP contribution in [0.15, 0.2) is 72.8 Å². The van der Waals surface area contributed by atoms with E-state index in [1.807, 2.05) is 36.4 Å². The van der Waals surface area contributed by atoms with Crippen LogP contribution in [0.5, 0.6) is 17.2 Å². The maximum absolute atomic E-state index is 11.2. The van der Waals surface area contributed by atoms with Crippen molar-refractivity contribution in [1.82, 2.24) is 0 Å². The molecule has 3 aromatic carbocycles. The highest BCUT2D eigenvalue weighted by Gasteiger charge is 2.05. The summed E-state index contributed by atoms with van der Waals surface area (Å²) in [4.78, 5) is 102. The molecule has 0 aromatic heterocycles. The fraction of sp³-hybridized carbons (Fsp3) is 0.611. The Kier molecular flexibility index (Phi) is 51.2. The molecule has 0 bridgehead atoms. The molecule has 432 valence electrons. The fourth-order valence-electron chi connectivity index (χ4n) is 6.64. The van der Waals surface area contributed by atoms with Gasteiger partial charge in [0.05, 0.1) is 0 Å². The molecule has 9 N–H and O–H groups in total. The molecular weight excluding hydrogens is 1080 g/mol. The lowest BCUT2D eigenvalue weighted by molar-refractivity contribution is -0.134. The lowest BCUT2D eigenvalue weighted by Crippen LogP contribution is -2.05. The van der Waals surface area contributed by atoms with E-state index in [4.69, 9.17) is 58.3 Å². The Morgan fingerprint density at radius 2 is 0.480 bits per heavy atom. The van der Waals surface area contributed by atoms with Crippen LogP contribution in [0.3, 0.4) is 0 Å². The highest BCUT2D eigenvalue weighted by atomic mass is 32.5. The fourth-order valence-corrected chi connectivity index (χ4v) is 6.64. The van der Waals surface area contributed by atoms with Crippen LogP contribution >= 0.6 is 20.2 Å². The van der Waals surface area contributed by atoms with Gasteiger partial charge in [0.1, 0.15) is 17.2 Å². The molecule has 0 unspecified atom stereocenters. The van der Waals surface area contributed by atoms with Gasteiger partial charge in [0.2, 0.25) is 0 Å². The summed E-state index contributed by atoms with van der Waals surface area (Å²) in [5.41, 5.74) is 3.99. The van der Waals surface area contributed by atoms with Crippen molar-refractivity contribution >= 4 is 73.5 Å². The molecule has 3 rings (SSSR count). The van der Waals surface area contributed by atoms with E-state index < -0.39 is 20.2 Å². The first-order valence-electron chi connectivity index (χ1n) is 26.5. The van der Waals surface area contributed by atoms with Crippen molar-refractivity contribution in [2.24, 2.45) is 0 Å². The monoisotopic (exact) mass is 1170 g/mol. The van der Waals surface area contributed by atoms with Gasteiger partial charge in [0.15, 0.2) is 0 Å². The van der Waals surface area contributed by atoms with E-state index in [1.54, 1.807) is 20.8 Å².